The second-order valence-electron chi connectivity index (χ2n) is 4.21. The van der Waals surface area contributed by atoms with Gasteiger partial charge in [0.15, 0.2) is 0 Å². The highest BCUT2D eigenvalue weighted by Crippen LogP contribution is 2.17. The zero-order valence-electron chi connectivity index (χ0n) is 9.36. The largest absolute Gasteiger partial charge is 0.353 e. The summed E-state index contributed by atoms with van der Waals surface area (Å²) in [5, 5.41) is 13.4. The SMILES string of the molecule is CC(C)(C#N)CNC(=O)C(N)c1cccs1. The van der Waals surface area contributed by atoms with Gasteiger partial charge in [-0.3, -0.25) is 4.79 Å². The highest BCUT2D eigenvalue weighted by molar-refractivity contribution is 7.10. The van der Waals surface area contributed by atoms with Gasteiger partial charge in [-0.25, -0.2) is 0 Å². The first kappa shape index (κ1) is 12.7. The summed E-state index contributed by atoms with van der Waals surface area (Å²) in [6, 6.07) is 5.15. The van der Waals surface area contributed by atoms with E-state index >= 15 is 0 Å². The van der Waals surface area contributed by atoms with Gasteiger partial charge in [-0.1, -0.05) is 6.07 Å². The van der Waals surface area contributed by atoms with Crippen LogP contribution in [0, 0.1) is 16.7 Å². The molecule has 1 amide bonds. The number of nitriles is 1. The normalized spacial score (nSPS) is 12.9. The molecular formula is C11H15N3OS. The summed E-state index contributed by atoms with van der Waals surface area (Å²) in [6.07, 6.45) is 0. The Kier molecular flexibility index (Phi) is 4.05. The van der Waals surface area contributed by atoms with E-state index in [0.717, 1.165) is 4.88 Å². The number of carbonyl (C=O) groups is 1. The fourth-order valence-corrected chi connectivity index (χ4v) is 1.78. The molecule has 16 heavy (non-hydrogen) atoms. The summed E-state index contributed by atoms with van der Waals surface area (Å²) in [7, 11) is 0. The van der Waals surface area contributed by atoms with Crippen molar-refractivity contribution in [3.05, 3.63) is 22.4 Å². The minimum atomic E-state index is -0.644. The van der Waals surface area contributed by atoms with Crippen molar-refractivity contribution in [2.75, 3.05) is 6.54 Å². The number of rotatable bonds is 4. The molecule has 3 N–H and O–H groups in total. The minimum absolute atomic E-state index is 0.245. The third kappa shape index (κ3) is 3.33. The zero-order valence-corrected chi connectivity index (χ0v) is 10.2. The Hall–Kier alpha value is -1.38. The zero-order chi connectivity index (χ0) is 12.2. The summed E-state index contributed by atoms with van der Waals surface area (Å²) in [5.74, 6) is -0.245. The summed E-state index contributed by atoms with van der Waals surface area (Å²) >= 11 is 1.45. The Morgan fingerprint density at radius 3 is 2.94 bits per heavy atom. The highest BCUT2D eigenvalue weighted by atomic mass is 32.1. The summed E-state index contributed by atoms with van der Waals surface area (Å²) in [5.41, 5.74) is 5.20. The van der Waals surface area contributed by atoms with E-state index in [1.807, 2.05) is 17.5 Å². The Labute approximate surface area is 99.1 Å². The van der Waals surface area contributed by atoms with Crippen molar-refractivity contribution in [1.82, 2.24) is 5.32 Å². The highest BCUT2D eigenvalue weighted by Gasteiger charge is 2.21. The number of nitrogens with zero attached hydrogens (tertiary/aromatic N) is 1. The van der Waals surface area contributed by atoms with Crippen LogP contribution in [0.15, 0.2) is 17.5 Å². The molecule has 1 heterocycles. The molecule has 0 saturated carbocycles. The lowest BCUT2D eigenvalue weighted by Crippen LogP contribution is -2.38. The van der Waals surface area contributed by atoms with Gasteiger partial charge < -0.3 is 11.1 Å². The van der Waals surface area contributed by atoms with Crippen molar-refractivity contribution >= 4 is 17.2 Å². The molecule has 1 atom stereocenters. The van der Waals surface area contributed by atoms with Crippen molar-refractivity contribution in [2.45, 2.75) is 19.9 Å². The van der Waals surface area contributed by atoms with Gasteiger partial charge in [-0.15, -0.1) is 11.3 Å². The van der Waals surface area contributed by atoms with E-state index in [2.05, 4.69) is 11.4 Å². The van der Waals surface area contributed by atoms with Crippen molar-refractivity contribution in [1.29, 1.82) is 5.26 Å². The third-order valence-electron chi connectivity index (χ3n) is 2.14. The van der Waals surface area contributed by atoms with Gasteiger partial charge in [0, 0.05) is 11.4 Å². The van der Waals surface area contributed by atoms with Gasteiger partial charge in [0.1, 0.15) is 6.04 Å². The van der Waals surface area contributed by atoms with E-state index in [1.54, 1.807) is 13.8 Å². The molecule has 0 aliphatic heterocycles. The molecule has 0 fully saturated rings. The van der Waals surface area contributed by atoms with E-state index in [9.17, 15) is 4.79 Å². The molecule has 0 saturated heterocycles. The Morgan fingerprint density at radius 1 is 1.75 bits per heavy atom. The lowest BCUT2D eigenvalue weighted by Gasteiger charge is -2.17. The standard InChI is InChI=1S/C11H15N3OS/c1-11(2,6-12)7-14-10(15)9(13)8-4-3-5-16-8/h3-5,9H,7,13H2,1-2H3,(H,14,15). The lowest BCUT2D eigenvalue weighted by molar-refractivity contribution is -0.122. The van der Waals surface area contributed by atoms with Crippen molar-refractivity contribution < 1.29 is 4.79 Å². The molecule has 0 aromatic carbocycles. The first-order valence-electron chi connectivity index (χ1n) is 4.94. The average Bonchev–Trinajstić information content (AvgIpc) is 2.78. The minimum Gasteiger partial charge on any atom is -0.353 e. The van der Waals surface area contributed by atoms with Gasteiger partial charge in [0.2, 0.25) is 5.91 Å². The van der Waals surface area contributed by atoms with Gasteiger partial charge in [-0.2, -0.15) is 5.26 Å². The monoisotopic (exact) mass is 237 g/mol. The first-order chi connectivity index (χ1) is 7.46. The first-order valence-corrected chi connectivity index (χ1v) is 5.82. The molecule has 5 heteroatoms. The molecule has 0 bridgehead atoms. The van der Waals surface area contributed by atoms with Gasteiger partial charge in [0.05, 0.1) is 11.5 Å². The van der Waals surface area contributed by atoms with Crippen molar-refractivity contribution in [2.24, 2.45) is 11.1 Å². The predicted molar refractivity (Wildman–Crippen MR) is 63.7 cm³/mol. The van der Waals surface area contributed by atoms with Crippen LogP contribution >= 0.6 is 11.3 Å². The molecule has 1 unspecified atom stereocenters. The van der Waals surface area contributed by atoms with Crippen LogP contribution in [0.4, 0.5) is 0 Å². The number of nitrogens with one attached hydrogen (secondary N) is 1. The predicted octanol–water partition coefficient (Wildman–Crippen LogP) is 1.41. The smallest absolute Gasteiger partial charge is 0.242 e. The molecule has 1 rings (SSSR count). The second-order valence-corrected chi connectivity index (χ2v) is 5.19. The number of amides is 1. The van der Waals surface area contributed by atoms with Crippen LogP contribution in [-0.2, 0) is 4.79 Å². The maximum atomic E-state index is 11.7. The second kappa shape index (κ2) is 5.10. The molecule has 0 aliphatic rings. The molecule has 4 nitrogen and oxygen atoms in total. The summed E-state index contributed by atoms with van der Waals surface area (Å²) in [4.78, 5) is 12.5. The van der Waals surface area contributed by atoms with Crippen molar-refractivity contribution in [3.63, 3.8) is 0 Å². The van der Waals surface area contributed by atoms with Gasteiger partial charge in [0.25, 0.3) is 0 Å². The van der Waals surface area contributed by atoms with E-state index < -0.39 is 11.5 Å². The number of hydrogen-bond acceptors (Lipinski definition) is 4. The lowest BCUT2D eigenvalue weighted by atomic mass is 9.96. The quantitative estimate of drug-likeness (QED) is 0.831. The number of nitrogens with two attached hydrogens (primary N) is 1. The van der Waals surface area contributed by atoms with Crippen LogP contribution in [0.1, 0.15) is 24.8 Å². The number of carbonyl (C=O) groups excluding carboxylic acids is 1. The number of hydrogen-bond donors (Lipinski definition) is 2. The molecular weight excluding hydrogens is 222 g/mol. The van der Waals surface area contributed by atoms with E-state index in [-0.39, 0.29) is 5.91 Å². The molecule has 0 aliphatic carbocycles. The van der Waals surface area contributed by atoms with E-state index in [0.29, 0.717) is 6.54 Å². The van der Waals surface area contributed by atoms with E-state index in [4.69, 9.17) is 11.0 Å². The Balaban J connectivity index is 2.51. The molecule has 0 spiro atoms. The maximum absolute atomic E-state index is 11.7. The van der Waals surface area contributed by atoms with Crippen LogP contribution < -0.4 is 11.1 Å². The molecule has 0 radical (unpaired) electrons. The van der Waals surface area contributed by atoms with Crippen molar-refractivity contribution in [3.8, 4) is 6.07 Å². The molecule has 1 aromatic heterocycles. The molecule has 86 valence electrons. The third-order valence-corrected chi connectivity index (χ3v) is 3.09. The van der Waals surface area contributed by atoms with Crippen LogP contribution in [0.5, 0.6) is 0 Å². The Bertz CT molecular complexity index is 392. The van der Waals surface area contributed by atoms with Crippen LogP contribution in [0.3, 0.4) is 0 Å². The molecule has 1 aromatic rings. The Morgan fingerprint density at radius 2 is 2.44 bits per heavy atom. The summed E-state index contributed by atoms with van der Waals surface area (Å²) in [6.45, 7) is 3.84. The van der Waals surface area contributed by atoms with Crippen LogP contribution in [-0.4, -0.2) is 12.5 Å². The van der Waals surface area contributed by atoms with E-state index in [1.165, 1.54) is 11.3 Å². The van der Waals surface area contributed by atoms with Gasteiger partial charge >= 0.3 is 0 Å². The fourth-order valence-electron chi connectivity index (χ4n) is 1.06. The fraction of sp³-hybridized carbons (Fsp3) is 0.455. The van der Waals surface area contributed by atoms with Crippen LogP contribution in [0.25, 0.3) is 0 Å². The average molecular weight is 237 g/mol. The summed E-state index contributed by atoms with van der Waals surface area (Å²) < 4.78 is 0. The number of thiophene rings is 1. The topological polar surface area (TPSA) is 78.9 Å². The maximum Gasteiger partial charge on any atom is 0.242 e. The van der Waals surface area contributed by atoms with Gasteiger partial charge in [-0.05, 0) is 25.3 Å². The van der Waals surface area contributed by atoms with Crippen LogP contribution in [0.2, 0.25) is 0 Å².